The predicted octanol–water partition coefficient (Wildman–Crippen LogP) is 4.61. The summed E-state index contributed by atoms with van der Waals surface area (Å²) in [4.78, 5) is 26.3. The zero-order valence-corrected chi connectivity index (χ0v) is 30.4. The average molecular weight is 773 g/mol. The fourth-order valence-corrected chi connectivity index (χ4v) is 8.62. The Kier molecular flexibility index (Phi) is 10.7. The normalized spacial score (nSPS) is 16.3. The van der Waals surface area contributed by atoms with E-state index >= 15 is 0 Å². The van der Waals surface area contributed by atoms with Gasteiger partial charge in [-0.05, 0) is 35.9 Å². The van der Waals surface area contributed by atoms with E-state index in [4.69, 9.17) is 0 Å². The second-order valence-corrected chi connectivity index (χ2v) is 15.5. The molecule has 0 fully saturated rings. The van der Waals surface area contributed by atoms with Crippen LogP contribution in [0, 0.1) is 5.92 Å². The number of rotatable bonds is 14. The average Bonchev–Trinajstić information content (AvgIpc) is 3.14. The molecule has 2 heterocycles. The SMILES string of the molecule is CNc1nc(Nc2ccccc2)nc(NC2(Nc3nc(NC)nc(Nc4ccccc4)n3)C=CC(C=Cc3ccccc3)C(S(=O)(=O)O)(S(=O)(=O)O)C2)n1. The number of nitrogens with zero attached hydrogens (tertiary/aromatic N) is 6. The standard InChI is InChI=1S/C34H36N12O6S2/c1-35-27-39-29(37-25-14-8-4-9-15-25)43-31(41-27)45-33(46-32-42-28(36-2)40-30(44-32)38-26-16-10-5-11-17-26)21-20-24(19-18-23-12-6-3-7-13-23)34(22-33,53(47,48)49)54(50,51)52/h3-21,24H,22H2,1-2H3,(H,47,48,49)(H,50,51,52)(H3,35,37,39,41,43,45)(H3,36,38,40,42,44,46). The minimum Gasteiger partial charge on any atom is -0.357 e. The van der Waals surface area contributed by atoms with Gasteiger partial charge in [-0.15, -0.1) is 0 Å². The largest absolute Gasteiger partial charge is 0.357 e. The number of aromatic nitrogens is 6. The smallest absolute Gasteiger partial charge is 0.288 e. The molecule has 0 bridgehead atoms. The van der Waals surface area contributed by atoms with Crippen molar-refractivity contribution < 1.29 is 25.9 Å². The first kappa shape index (κ1) is 37.5. The Bertz CT molecular complexity index is 2240. The maximum absolute atomic E-state index is 13.5. The molecule has 1 atom stereocenters. The third-order valence-corrected chi connectivity index (χ3v) is 12.1. The van der Waals surface area contributed by atoms with Crippen LogP contribution in [0.1, 0.15) is 12.0 Å². The van der Waals surface area contributed by atoms with Crippen molar-refractivity contribution in [3.63, 3.8) is 0 Å². The third-order valence-electron chi connectivity index (χ3n) is 8.24. The van der Waals surface area contributed by atoms with Crippen molar-refractivity contribution in [2.24, 2.45) is 5.92 Å². The molecule has 3 aromatic carbocycles. The van der Waals surface area contributed by atoms with Gasteiger partial charge in [0.1, 0.15) is 5.66 Å². The summed E-state index contributed by atoms with van der Waals surface area (Å²) in [6, 6.07) is 26.6. The molecule has 20 heteroatoms. The van der Waals surface area contributed by atoms with Crippen molar-refractivity contribution in [1.82, 2.24) is 29.9 Å². The number of anilines is 8. The number of allylic oxidation sites excluding steroid dienone is 2. The fraction of sp³-hybridized carbons (Fsp3) is 0.176. The van der Waals surface area contributed by atoms with Gasteiger partial charge < -0.3 is 31.9 Å². The van der Waals surface area contributed by atoms with E-state index in [1.165, 1.54) is 24.3 Å². The highest BCUT2D eigenvalue weighted by Gasteiger charge is 2.64. The topological polar surface area (TPSA) is 258 Å². The highest BCUT2D eigenvalue weighted by atomic mass is 32.3. The molecule has 1 aliphatic carbocycles. The zero-order chi connectivity index (χ0) is 38.4. The van der Waals surface area contributed by atoms with Crippen LogP contribution in [0.3, 0.4) is 0 Å². The third kappa shape index (κ3) is 8.36. The molecule has 1 unspecified atom stereocenters. The minimum atomic E-state index is -5.65. The molecule has 5 aromatic rings. The van der Waals surface area contributed by atoms with E-state index in [1.54, 1.807) is 93.0 Å². The van der Waals surface area contributed by atoms with Gasteiger partial charge in [0.25, 0.3) is 20.2 Å². The molecule has 6 rings (SSSR count). The van der Waals surface area contributed by atoms with E-state index in [2.05, 4.69) is 61.8 Å². The van der Waals surface area contributed by atoms with Crippen LogP contribution in [0.15, 0.2) is 109 Å². The Balaban J connectivity index is 1.51. The lowest BCUT2D eigenvalue weighted by molar-refractivity contribution is 0.361. The lowest BCUT2D eigenvalue weighted by Gasteiger charge is -2.44. The first-order valence-corrected chi connectivity index (χ1v) is 19.1. The van der Waals surface area contributed by atoms with Crippen LogP contribution in [0.4, 0.5) is 47.1 Å². The van der Waals surface area contributed by atoms with Crippen LogP contribution in [-0.4, -0.2) is 79.7 Å². The van der Waals surface area contributed by atoms with Crippen LogP contribution in [0.25, 0.3) is 6.08 Å². The van der Waals surface area contributed by atoms with E-state index in [0.29, 0.717) is 16.9 Å². The predicted molar refractivity (Wildman–Crippen MR) is 207 cm³/mol. The van der Waals surface area contributed by atoms with Gasteiger partial charge in [0.05, 0.1) is 0 Å². The molecular formula is C34H36N12O6S2. The van der Waals surface area contributed by atoms with Crippen molar-refractivity contribution in [2.45, 2.75) is 16.2 Å². The molecule has 280 valence electrons. The first-order valence-electron chi connectivity index (χ1n) is 16.3. The summed E-state index contributed by atoms with van der Waals surface area (Å²) in [5.41, 5.74) is -0.189. The Labute approximate surface area is 311 Å². The van der Waals surface area contributed by atoms with Crippen molar-refractivity contribution in [3.05, 3.63) is 115 Å². The first-order chi connectivity index (χ1) is 25.8. The van der Waals surface area contributed by atoms with Gasteiger partial charge in [-0.1, -0.05) is 85.0 Å². The molecule has 0 spiro atoms. The lowest BCUT2D eigenvalue weighted by Crippen LogP contribution is -2.62. The summed E-state index contributed by atoms with van der Waals surface area (Å²) in [6.45, 7) is 0. The van der Waals surface area contributed by atoms with E-state index < -0.39 is 42.3 Å². The molecule has 54 heavy (non-hydrogen) atoms. The van der Waals surface area contributed by atoms with Gasteiger partial charge in [0, 0.05) is 37.8 Å². The molecule has 0 aliphatic heterocycles. The molecule has 2 aromatic heterocycles. The molecule has 8 N–H and O–H groups in total. The highest BCUT2D eigenvalue weighted by molar-refractivity contribution is 8.05. The van der Waals surface area contributed by atoms with Crippen LogP contribution in [0.5, 0.6) is 0 Å². The van der Waals surface area contributed by atoms with Crippen LogP contribution in [-0.2, 0) is 20.2 Å². The fourth-order valence-electron chi connectivity index (χ4n) is 5.73. The summed E-state index contributed by atoms with van der Waals surface area (Å²) in [7, 11) is -8.18. The lowest BCUT2D eigenvalue weighted by atomic mass is 9.86. The number of hydrogen-bond donors (Lipinski definition) is 8. The number of para-hydroxylation sites is 2. The zero-order valence-electron chi connectivity index (χ0n) is 28.8. The highest BCUT2D eigenvalue weighted by Crippen LogP contribution is 2.46. The Hall–Kier alpha value is -6.22. The minimum absolute atomic E-state index is 0.0597. The van der Waals surface area contributed by atoms with Gasteiger partial charge in [0.2, 0.25) is 39.8 Å². The Morgan fingerprint density at radius 3 is 1.44 bits per heavy atom. The van der Waals surface area contributed by atoms with E-state index in [0.717, 1.165) is 0 Å². The van der Waals surface area contributed by atoms with Crippen molar-refractivity contribution >= 4 is 73.4 Å². The molecule has 0 amide bonds. The molecule has 1 aliphatic rings. The monoisotopic (exact) mass is 772 g/mol. The Morgan fingerprint density at radius 1 is 0.611 bits per heavy atom. The molecule has 18 nitrogen and oxygen atoms in total. The van der Waals surface area contributed by atoms with Gasteiger partial charge in [-0.3, -0.25) is 9.11 Å². The molecule has 0 saturated carbocycles. The number of benzene rings is 3. The number of nitrogens with one attached hydrogen (secondary N) is 6. The number of hydrogen-bond acceptors (Lipinski definition) is 16. The van der Waals surface area contributed by atoms with Crippen molar-refractivity contribution in [1.29, 1.82) is 0 Å². The summed E-state index contributed by atoms with van der Waals surface area (Å²) < 4.78 is 72.2. The summed E-state index contributed by atoms with van der Waals surface area (Å²) in [5, 5.41) is 17.8. The Morgan fingerprint density at radius 2 is 1.02 bits per heavy atom. The maximum atomic E-state index is 13.5. The molecular weight excluding hydrogens is 737 g/mol. The van der Waals surface area contributed by atoms with Crippen molar-refractivity contribution in [3.8, 4) is 0 Å². The van der Waals surface area contributed by atoms with E-state index in [9.17, 15) is 25.9 Å². The summed E-state index contributed by atoms with van der Waals surface area (Å²) in [5.74, 6) is -1.71. The van der Waals surface area contributed by atoms with Gasteiger partial charge in [0.15, 0.2) is 0 Å². The summed E-state index contributed by atoms with van der Waals surface area (Å²) >= 11 is 0. The van der Waals surface area contributed by atoms with E-state index in [-0.39, 0.29) is 35.7 Å². The van der Waals surface area contributed by atoms with Crippen molar-refractivity contribution in [2.75, 3.05) is 46.0 Å². The maximum Gasteiger partial charge on any atom is 0.288 e. The quantitative estimate of drug-likeness (QED) is 0.0435. The molecule has 0 saturated heterocycles. The van der Waals surface area contributed by atoms with Gasteiger partial charge in [-0.25, -0.2) is 0 Å². The van der Waals surface area contributed by atoms with Crippen LogP contribution in [0.2, 0.25) is 0 Å². The second-order valence-electron chi connectivity index (χ2n) is 11.9. The van der Waals surface area contributed by atoms with Gasteiger partial charge >= 0.3 is 0 Å². The van der Waals surface area contributed by atoms with Crippen LogP contribution < -0.4 is 31.9 Å². The summed E-state index contributed by atoms with van der Waals surface area (Å²) in [6.07, 6.45) is 4.32. The van der Waals surface area contributed by atoms with E-state index in [1.807, 2.05) is 12.1 Å². The second kappa shape index (κ2) is 15.4. The molecule has 0 radical (unpaired) electrons. The van der Waals surface area contributed by atoms with Gasteiger partial charge in [-0.2, -0.15) is 46.7 Å². The van der Waals surface area contributed by atoms with Crippen LogP contribution >= 0.6 is 0 Å².